The molecule has 1 unspecified atom stereocenters. The normalized spacial score (nSPS) is 17.9. The predicted molar refractivity (Wildman–Crippen MR) is 86.5 cm³/mol. The Balaban J connectivity index is 2.10. The van der Waals surface area contributed by atoms with E-state index in [0.29, 0.717) is 17.7 Å². The van der Waals surface area contributed by atoms with Crippen LogP contribution in [-0.2, 0) is 22.7 Å². The highest BCUT2D eigenvalue weighted by Gasteiger charge is 2.49. The Morgan fingerprint density at radius 1 is 1.00 bits per heavy atom. The Morgan fingerprint density at radius 3 is 2.00 bits per heavy atom. The third-order valence-electron chi connectivity index (χ3n) is 4.43. The van der Waals surface area contributed by atoms with Gasteiger partial charge in [0.25, 0.3) is 0 Å². The van der Waals surface area contributed by atoms with Gasteiger partial charge in [0.1, 0.15) is 0 Å². The SMILES string of the molecule is CC(O)CC1(S(=O)(=O)c2ccccc2)Cc2ccccc2C1. The molecule has 1 atom stereocenters. The molecule has 22 heavy (non-hydrogen) atoms. The maximum atomic E-state index is 13.2. The van der Waals surface area contributed by atoms with Crippen LogP contribution in [0.15, 0.2) is 59.5 Å². The monoisotopic (exact) mass is 316 g/mol. The molecule has 0 fully saturated rings. The van der Waals surface area contributed by atoms with Crippen LogP contribution >= 0.6 is 0 Å². The average Bonchev–Trinajstić information content (AvgIpc) is 2.87. The zero-order chi connectivity index (χ0) is 15.8. The summed E-state index contributed by atoms with van der Waals surface area (Å²) in [6, 6.07) is 16.4. The molecule has 0 aliphatic heterocycles. The summed E-state index contributed by atoms with van der Waals surface area (Å²) in [4.78, 5) is 0.337. The molecule has 0 saturated carbocycles. The molecular formula is C18H20O3S. The highest BCUT2D eigenvalue weighted by atomic mass is 32.2. The van der Waals surface area contributed by atoms with Crippen molar-refractivity contribution in [2.24, 2.45) is 0 Å². The van der Waals surface area contributed by atoms with Crippen LogP contribution < -0.4 is 0 Å². The summed E-state index contributed by atoms with van der Waals surface area (Å²) >= 11 is 0. The topological polar surface area (TPSA) is 54.4 Å². The number of rotatable bonds is 4. The lowest BCUT2D eigenvalue weighted by molar-refractivity contribution is 0.167. The van der Waals surface area contributed by atoms with Gasteiger partial charge in [-0.15, -0.1) is 0 Å². The van der Waals surface area contributed by atoms with Gasteiger partial charge in [-0.3, -0.25) is 0 Å². The molecule has 4 heteroatoms. The number of hydrogen-bond acceptors (Lipinski definition) is 3. The van der Waals surface area contributed by atoms with E-state index in [0.717, 1.165) is 11.1 Å². The van der Waals surface area contributed by atoms with Crippen LogP contribution in [0, 0.1) is 0 Å². The molecule has 116 valence electrons. The van der Waals surface area contributed by atoms with E-state index in [1.807, 2.05) is 30.3 Å². The number of aliphatic hydroxyl groups is 1. The number of fused-ring (bicyclic) bond motifs is 1. The van der Waals surface area contributed by atoms with E-state index in [1.165, 1.54) is 0 Å². The standard InChI is InChI=1S/C18H20O3S/c1-14(19)11-18(12-15-7-5-6-8-16(15)13-18)22(20,21)17-9-3-2-4-10-17/h2-10,14,19H,11-13H2,1H3. The zero-order valence-corrected chi connectivity index (χ0v) is 13.4. The van der Waals surface area contributed by atoms with E-state index in [1.54, 1.807) is 31.2 Å². The Bertz CT molecular complexity index is 739. The van der Waals surface area contributed by atoms with Crippen LogP contribution in [0.3, 0.4) is 0 Å². The van der Waals surface area contributed by atoms with Crippen LogP contribution in [0.1, 0.15) is 24.5 Å². The van der Waals surface area contributed by atoms with Crippen molar-refractivity contribution in [3.63, 3.8) is 0 Å². The molecule has 3 rings (SSSR count). The van der Waals surface area contributed by atoms with Gasteiger partial charge in [-0.05, 0) is 49.4 Å². The summed E-state index contributed by atoms with van der Waals surface area (Å²) < 4.78 is 25.5. The summed E-state index contributed by atoms with van der Waals surface area (Å²) in [5.41, 5.74) is 2.14. The smallest absolute Gasteiger partial charge is 0.184 e. The first kappa shape index (κ1) is 15.3. The second-order valence-corrected chi connectivity index (χ2v) is 8.52. The quantitative estimate of drug-likeness (QED) is 0.943. The summed E-state index contributed by atoms with van der Waals surface area (Å²) in [5.74, 6) is 0. The molecule has 3 nitrogen and oxygen atoms in total. The van der Waals surface area contributed by atoms with Crippen molar-refractivity contribution in [1.82, 2.24) is 0 Å². The summed E-state index contributed by atoms with van der Waals surface area (Å²) in [7, 11) is -3.52. The van der Waals surface area contributed by atoms with Crippen LogP contribution in [-0.4, -0.2) is 24.4 Å². The molecule has 1 aliphatic carbocycles. The fourth-order valence-corrected chi connectivity index (χ4v) is 5.66. The molecule has 0 spiro atoms. The highest BCUT2D eigenvalue weighted by Crippen LogP contribution is 2.42. The van der Waals surface area contributed by atoms with Crippen LogP contribution in [0.5, 0.6) is 0 Å². The molecule has 0 aromatic heterocycles. The number of sulfone groups is 1. The van der Waals surface area contributed by atoms with Gasteiger partial charge in [0.05, 0.1) is 15.7 Å². The van der Waals surface area contributed by atoms with Crippen molar-refractivity contribution in [3.05, 3.63) is 65.7 Å². The Morgan fingerprint density at radius 2 is 1.50 bits per heavy atom. The minimum absolute atomic E-state index is 0.249. The molecule has 2 aromatic rings. The number of hydrogen-bond donors (Lipinski definition) is 1. The van der Waals surface area contributed by atoms with Crippen LogP contribution in [0.25, 0.3) is 0 Å². The molecular weight excluding hydrogens is 296 g/mol. The number of aliphatic hydroxyl groups excluding tert-OH is 1. The summed E-state index contributed by atoms with van der Waals surface area (Å²) in [6.45, 7) is 1.66. The van der Waals surface area contributed by atoms with Crippen LogP contribution in [0.2, 0.25) is 0 Å². The maximum Gasteiger partial charge on any atom is 0.184 e. The minimum atomic E-state index is -3.52. The fraction of sp³-hybridized carbons (Fsp3) is 0.333. The van der Waals surface area contributed by atoms with Crippen molar-refractivity contribution in [2.75, 3.05) is 0 Å². The van der Waals surface area contributed by atoms with Crippen molar-refractivity contribution in [1.29, 1.82) is 0 Å². The van der Waals surface area contributed by atoms with Gasteiger partial charge >= 0.3 is 0 Å². The zero-order valence-electron chi connectivity index (χ0n) is 12.6. The van der Waals surface area contributed by atoms with E-state index in [-0.39, 0.29) is 6.42 Å². The second kappa shape index (κ2) is 5.52. The first-order valence-corrected chi connectivity index (χ1v) is 8.97. The highest BCUT2D eigenvalue weighted by molar-refractivity contribution is 7.92. The molecule has 0 amide bonds. The van der Waals surface area contributed by atoms with Crippen molar-refractivity contribution in [3.8, 4) is 0 Å². The average molecular weight is 316 g/mol. The lowest BCUT2D eigenvalue weighted by Gasteiger charge is -2.30. The Labute approximate surface area is 131 Å². The van der Waals surface area contributed by atoms with E-state index >= 15 is 0 Å². The van der Waals surface area contributed by atoms with E-state index in [4.69, 9.17) is 0 Å². The van der Waals surface area contributed by atoms with E-state index in [9.17, 15) is 13.5 Å². The first-order valence-electron chi connectivity index (χ1n) is 7.49. The molecule has 0 radical (unpaired) electrons. The van der Waals surface area contributed by atoms with Gasteiger partial charge in [-0.2, -0.15) is 0 Å². The Hall–Kier alpha value is -1.65. The molecule has 0 saturated heterocycles. The number of benzene rings is 2. The fourth-order valence-electron chi connectivity index (χ4n) is 3.49. The van der Waals surface area contributed by atoms with Gasteiger partial charge in [0.2, 0.25) is 0 Å². The van der Waals surface area contributed by atoms with Crippen molar-refractivity contribution < 1.29 is 13.5 Å². The van der Waals surface area contributed by atoms with Crippen molar-refractivity contribution >= 4 is 9.84 Å². The third kappa shape index (κ3) is 2.46. The van der Waals surface area contributed by atoms with Gasteiger partial charge in [0, 0.05) is 0 Å². The molecule has 0 heterocycles. The third-order valence-corrected chi connectivity index (χ3v) is 6.92. The first-order chi connectivity index (χ1) is 10.4. The molecule has 2 aromatic carbocycles. The lowest BCUT2D eigenvalue weighted by atomic mass is 9.98. The minimum Gasteiger partial charge on any atom is -0.393 e. The largest absolute Gasteiger partial charge is 0.393 e. The van der Waals surface area contributed by atoms with Gasteiger partial charge in [0.15, 0.2) is 9.84 Å². The van der Waals surface area contributed by atoms with Crippen LogP contribution in [0.4, 0.5) is 0 Å². The van der Waals surface area contributed by atoms with Gasteiger partial charge < -0.3 is 5.11 Å². The van der Waals surface area contributed by atoms with Gasteiger partial charge in [-0.25, -0.2) is 8.42 Å². The Kier molecular flexibility index (Phi) is 3.83. The summed E-state index contributed by atoms with van der Waals surface area (Å²) in [6.07, 6.45) is 0.517. The van der Waals surface area contributed by atoms with Gasteiger partial charge in [-0.1, -0.05) is 42.5 Å². The second-order valence-electron chi connectivity index (χ2n) is 6.17. The summed E-state index contributed by atoms with van der Waals surface area (Å²) in [5, 5.41) is 9.90. The molecule has 0 bridgehead atoms. The predicted octanol–water partition coefficient (Wildman–Crippen LogP) is 2.77. The molecule has 1 N–H and O–H groups in total. The van der Waals surface area contributed by atoms with E-state index < -0.39 is 20.7 Å². The van der Waals surface area contributed by atoms with E-state index in [2.05, 4.69) is 0 Å². The maximum absolute atomic E-state index is 13.2. The lowest BCUT2D eigenvalue weighted by Crippen LogP contribution is -2.42. The van der Waals surface area contributed by atoms with Crippen molar-refractivity contribution in [2.45, 2.75) is 41.9 Å². The molecule has 1 aliphatic rings.